The Labute approximate surface area is 173 Å². The average Bonchev–Trinajstić information content (AvgIpc) is 3.30. The quantitative estimate of drug-likeness (QED) is 0.725. The van der Waals surface area contributed by atoms with Crippen LogP contribution in [0.25, 0.3) is 0 Å². The number of hydrogen-bond donors (Lipinski definition) is 1. The van der Waals surface area contributed by atoms with E-state index in [1.165, 1.54) is 45.3 Å². The van der Waals surface area contributed by atoms with Crippen LogP contribution in [-0.2, 0) is 34.1 Å². The monoisotopic (exact) mass is 440 g/mol. The molecule has 6 nitrogen and oxygen atoms in total. The molecular weight excluding hydrogens is 416 g/mol. The Morgan fingerprint density at radius 2 is 1.89 bits per heavy atom. The molecule has 4 rings (SSSR count). The Bertz CT molecular complexity index is 919. The van der Waals surface area contributed by atoms with E-state index < -0.39 is 10.0 Å². The normalized spacial score (nSPS) is 18.4. The van der Waals surface area contributed by atoms with E-state index in [-0.39, 0.29) is 5.91 Å². The first-order valence-corrected chi connectivity index (χ1v) is 12.7. The maximum absolute atomic E-state index is 12.7. The number of hydrogen-bond acceptors (Lipinski definition) is 6. The van der Waals surface area contributed by atoms with Crippen molar-refractivity contribution in [3.05, 3.63) is 38.4 Å². The zero-order valence-corrected chi connectivity index (χ0v) is 18.1. The topological polar surface area (TPSA) is 75.7 Å². The number of aryl methyl sites for hydroxylation is 2. The molecule has 1 aliphatic heterocycles. The SMILES string of the molecule is O=C(NCc1ccc(S(=O)(=O)N2CCOCC2)s1)c1cc2c(s1)CCCCC2. The predicted molar refractivity (Wildman–Crippen MR) is 111 cm³/mol. The van der Waals surface area contributed by atoms with Crippen LogP contribution in [0, 0.1) is 0 Å². The highest BCUT2D eigenvalue weighted by atomic mass is 32.2. The molecule has 1 fully saturated rings. The molecule has 0 unspecified atom stereocenters. The molecule has 1 amide bonds. The van der Waals surface area contributed by atoms with Crippen molar-refractivity contribution in [1.82, 2.24) is 9.62 Å². The second-order valence-corrected chi connectivity index (χ2v) is 11.5. The van der Waals surface area contributed by atoms with Crippen molar-refractivity contribution in [2.45, 2.75) is 42.9 Å². The van der Waals surface area contributed by atoms with Gasteiger partial charge in [-0.1, -0.05) is 6.42 Å². The van der Waals surface area contributed by atoms with E-state index in [9.17, 15) is 13.2 Å². The van der Waals surface area contributed by atoms with Gasteiger partial charge in [0.25, 0.3) is 15.9 Å². The van der Waals surface area contributed by atoms with E-state index in [0.717, 1.165) is 22.6 Å². The Morgan fingerprint density at radius 1 is 1.11 bits per heavy atom. The lowest BCUT2D eigenvalue weighted by Gasteiger charge is -2.25. The molecule has 3 heterocycles. The average molecular weight is 441 g/mol. The summed E-state index contributed by atoms with van der Waals surface area (Å²) in [5.41, 5.74) is 1.32. The van der Waals surface area contributed by atoms with Crippen molar-refractivity contribution in [3.8, 4) is 0 Å². The van der Waals surface area contributed by atoms with Gasteiger partial charge in [0.1, 0.15) is 4.21 Å². The minimum absolute atomic E-state index is 0.0796. The van der Waals surface area contributed by atoms with Crippen LogP contribution in [0.4, 0.5) is 0 Å². The van der Waals surface area contributed by atoms with E-state index in [0.29, 0.717) is 37.1 Å². The van der Waals surface area contributed by atoms with Crippen molar-refractivity contribution < 1.29 is 17.9 Å². The first-order valence-electron chi connectivity index (χ1n) is 9.60. The van der Waals surface area contributed by atoms with Crippen molar-refractivity contribution in [1.29, 1.82) is 0 Å². The van der Waals surface area contributed by atoms with Crippen LogP contribution >= 0.6 is 22.7 Å². The number of morpholine rings is 1. The Hall–Kier alpha value is -1.26. The Morgan fingerprint density at radius 3 is 2.71 bits per heavy atom. The molecule has 0 aromatic carbocycles. The molecule has 0 spiro atoms. The van der Waals surface area contributed by atoms with Crippen LogP contribution in [-0.4, -0.2) is 44.9 Å². The van der Waals surface area contributed by atoms with Gasteiger partial charge in [0.05, 0.1) is 24.6 Å². The molecule has 1 N–H and O–H groups in total. The lowest BCUT2D eigenvalue weighted by Crippen LogP contribution is -2.40. The van der Waals surface area contributed by atoms with Gasteiger partial charge in [-0.15, -0.1) is 22.7 Å². The third-order valence-electron chi connectivity index (χ3n) is 5.09. The van der Waals surface area contributed by atoms with Gasteiger partial charge in [0, 0.05) is 22.8 Å². The summed E-state index contributed by atoms with van der Waals surface area (Å²) < 4.78 is 32.4. The summed E-state index contributed by atoms with van der Waals surface area (Å²) in [6.07, 6.45) is 5.79. The summed E-state index contributed by atoms with van der Waals surface area (Å²) in [6, 6.07) is 5.44. The van der Waals surface area contributed by atoms with Crippen molar-refractivity contribution in [3.63, 3.8) is 0 Å². The summed E-state index contributed by atoms with van der Waals surface area (Å²) in [6.45, 7) is 1.96. The van der Waals surface area contributed by atoms with E-state index in [2.05, 4.69) is 5.32 Å². The molecule has 9 heteroatoms. The van der Waals surface area contributed by atoms with Crippen LogP contribution in [0.5, 0.6) is 0 Å². The Kier molecular flexibility index (Phi) is 6.17. The van der Waals surface area contributed by atoms with Crippen LogP contribution in [0.15, 0.2) is 22.4 Å². The number of sulfonamides is 1. The van der Waals surface area contributed by atoms with E-state index in [1.54, 1.807) is 23.5 Å². The number of carbonyl (C=O) groups is 1. The number of amides is 1. The first kappa shape index (κ1) is 20.0. The van der Waals surface area contributed by atoms with Gasteiger partial charge in [0.15, 0.2) is 0 Å². The van der Waals surface area contributed by atoms with Gasteiger partial charge < -0.3 is 10.1 Å². The maximum atomic E-state index is 12.7. The fourth-order valence-electron chi connectivity index (χ4n) is 3.54. The largest absolute Gasteiger partial charge is 0.379 e. The molecule has 152 valence electrons. The van der Waals surface area contributed by atoms with E-state index in [4.69, 9.17) is 4.74 Å². The van der Waals surface area contributed by atoms with Crippen LogP contribution in [0.1, 0.15) is 44.3 Å². The minimum atomic E-state index is -3.48. The Balaban J connectivity index is 1.38. The van der Waals surface area contributed by atoms with Crippen molar-refractivity contribution in [2.24, 2.45) is 0 Å². The van der Waals surface area contributed by atoms with Gasteiger partial charge in [-0.05, 0) is 49.4 Å². The van der Waals surface area contributed by atoms with Gasteiger partial charge in [-0.3, -0.25) is 4.79 Å². The molecule has 2 aromatic rings. The molecular formula is C19H24N2O4S3. The summed E-state index contributed by atoms with van der Waals surface area (Å²) in [5, 5.41) is 2.94. The number of ether oxygens (including phenoxy) is 1. The predicted octanol–water partition coefficient (Wildman–Crippen LogP) is 3.03. The standard InChI is InChI=1S/C19H24N2O4S3/c22-19(17-12-14-4-2-1-3-5-16(14)27-17)20-13-15-6-7-18(26-15)28(23,24)21-8-10-25-11-9-21/h6-7,12H,1-5,8-11,13H2,(H,20,22). The number of nitrogens with one attached hydrogen (secondary N) is 1. The second-order valence-electron chi connectivity index (χ2n) is 7.04. The minimum Gasteiger partial charge on any atom is -0.379 e. The number of rotatable bonds is 5. The molecule has 28 heavy (non-hydrogen) atoms. The summed E-state index contributed by atoms with van der Waals surface area (Å²) >= 11 is 2.82. The highest BCUT2D eigenvalue weighted by Gasteiger charge is 2.27. The number of carbonyl (C=O) groups excluding carboxylic acids is 1. The van der Waals surface area contributed by atoms with Gasteiger partial charge >= 0.3 is 0 Å². The summed E-state index contributed by atoms with van der Waals surface area (Å²) in [7, 11) is -3.48. The van der Waals surface area contributed by atoms with Crippen LogP contribution in [0.3, 0.4) is 0 Å². The van der Waals surface area contributed by atoms with Gasteiger partial charge in [-0.25, -0.2) is 8.42 Å². The third-order valence-corrected chi connectivity index (χ3v) is 9.78. The number of fused-ring (bicyclic) bond motifs is 1. The van der Waals surface area contributed by atoms with Crippen molar-refractivity contribution in [2.75, 3.05) is 26.3 Å². The zero-order chi connectivity index (χ0) is 19.6. The molecule has 0 atom stereocenters. The highest BCUT2D eigenvalue weighted by Crippen LogP contribution is 2.29. The zero-order valence-electron chi connectivity index (χ0n) is 15.6. The first-order chi connectivity index (χ1) is 13.5. The molecule has 0 bridgehead atoms. The molecule has 2 aromatic heterocycles. The molecule has 0 saturated carbocycles. The lowest BCUT2D eigenvalue weighted by molar-refractivity contribution is 0.0731. The molecule has 0 radical (unpaired) electrons. The fraction of sp³-hybridized carbons (Fsp3) is 0.526. The van der Waals surface area contributed by atoms with Gasteiger partial charge in [-0.2, -0.15) is 4.31 Å². The maximum Gasteiger partial charge on any atom is 0.261 e. The van der Waals surface area contributed by atoms with E-state index >= 15 is 0 Å². The second kappa shape index (κ2) is 8.62. The third kappa shape index (κ3) is 4.33. The molecule has 1 aliphatic carbocycles. The van der Waals surface area contributed by atoms with Crippen LogP contribution in [0.2, 0.25) is 0 Å². The fourth-order valence-corrected chi connectivity index (χ4v) is 7.57. The smallest absolute Gasteiger partial charge is 0.261 e. The summed E-state index contributed by atoms with van der Waals surface area (Å²) in [4.78, 5) is 15.5. The molecule has 1 saturated heterocycles. The lowest BCUT2D eigenvalue weighted by atomic mass is 10.1. The number of thiophene rings is 2. The van der Waals surface area contributed by atoms with Crippen LogP contribution < -0.4 is 5.32 Å². The number of nitrogens with zero attached hydrogens (tertiary/aromatic N) is 1. The molecule has 2 aliphatic rings. The van der Waals surface area contributed by atoms with E-state index in [1.807, 2.05) is 6.07 Å². The van der Waals surface area contributed by atoms with Gasteiger partial charge in [0.2, 0.25) is 0 Å². The highest BCUT2D eigenvalue weighted by molar-refractivity contribution is 7.91. The van der Waals surface area contributed by atoms with Crippen molar-refractivity contribution >= 4 is 38.6 Å². The summed E-state index contributed by atoms with van der Waals surface area (Å²) in [5.74, 6) is -0.0796.